The summed E-state index contributed by atoms with van der Waals surface area (Å²) < 4.78 is 1.18. The zero-order valence-corrected chi connectivity index (χ0v) is 27.4. The van der Waals surface area contributed by atoms with Crippen LogP contribution in [0, 0.1) is 11.3 Å². The second kappa shape index (κ2) is 18.8. The van der Waals surface area contributed by atoms with Crippen LogP contribution in [0.1, 0.15) is 172 Å². The maximum Gasteiger partial charge on any atom is 0.0991 e. The van der Waals surface area contributed by atoms with E-state index in [4.69, 9.17) is 0 Å². The summed E-state index contributed by atoms with van der Waals surface area (Å²) in [4.78, 5) is 0. The van der Waals surface area contributed by atoms with Gasteiger partial charge >= 0.3 is 0 Å². The number of fused-ring (bicyclic) bond motifs is 3. The van der Waals surface area contributed by atoms with Crippen molar-refractivity contribution in [3.8, 4) is 17.2 Å². The number of hydrogen-bond donors (Lipinski definition) is 0. The van der Waals surface area contributed by atoms with E-state index in [9.17, 15) is 5.26 Å². The summed E-state index contributed by atoms with van der Waals surface area (Å²) >= 11 is 3.80. The van der Waals surface area contributed by atoms with Crippen molar-refractivity contribution in [2.45, 2.75) is 161 Å². The van der Waals surface area contributed by atoms with E-state index in [2.05, 4.69) is 66.2 Å². The van der Waals surface area contributed by atoms with Crippen LogP contribution in [0.15, 0.2) is 40.9 Å². The van der Waals surface area contributed by atoms with Crippen molar-refractivity contribution in [1.29, 1.82) is 5.26 Å². The average Bonchev–Trinajstić information content (AvgIpc) is 3.23. The van der Waals surface area contributed by atoms with Gasteiger partial charge in [-0.05, 0) is 59.4 Å². The molecule has 0 unspecified atom stereocenters. The maximum atomic E-state index is 9.77. The van der Waals surface area contributed by atoms with Crippen LogP contribution in [0.2, 0.25) is 0 Å². The first-order valence-corrected chi connectivity index (χ1v) is 17.8. The summed E-state index contributed by atoms with van der Waals surface area (Å²) in [5.41, 5.74) is 6.52. The van der Waals surface area contributed by atoms with Gasteiger partial charge in [0.1, 0.15) is 0 Å². The highest BCUT2D eigenvalue weighted by molar-refractivity contribution is 9.10. The number of nitrogens with zero attached hydrogens (tertiary/aromatic N) is 1. The lowest BCUT2D eigenvalue weighted by Gasteiger charge is -2.33. The Morgan fingerprint density at radius 1 is 0.550 bits per heavy atom. The first-order valence-electron chi connectivity index (χ1n) is 17.0. The Morgan fingerprint density at radius 2 is 0.950 bits per heavy atom. The maximum absolute atomic E-state index is 9.77. The monoisotopic (exact) mass is 605 g/mol. The number of nitriles is 1. The molecule has 0 amide bonds. The first-order chi connectivity index (χ1) is 19.7. The molecule has 1 nitrogen and oxygen atoms in total. The fourth-order valence-electron chi connectivity index (χ4n) is 7.03. The van der Waals surface area contributed by atoms with Gasteiger partial charge in [-0.1, -0.05) is 170 Å². The third-order valence-corrected chi connectivity index (χ3v) is 9.86. The van der Waals surface area contributed by atoms with E-state index in [0.717, 1.165) is 5.56 Å². The Morgan fingerprint density at radius 3 is 1.40 bits per heavy atom. The summed E-state index contributed by atoms with van der Waals surface area (Å²) in [7, 11) is 0. The topological polar surface area (TPSA) is 23.8 Å². The van der Waals surface area contributed by atoms with E-state index in [0.29, 0.717) is 0 Å². The summed E-state index contributed by atoms with van der Waals surface area (Å²) in [5.74, 6) is 0. The van der Waals surface area contributed by atoms with Crippen LogP contribution in [-0.2, 0) is 5.41 Å². The molecule has 0 aromatic heterocycles. The molecular formula is C38H56BrN. The largest absolute Gasteiger partial charge is 0.192 e. The van der Waals surface area contributed by atoms with E-state index in [1.807, 2.05) is 6.07 Å². The summed E-state index contributed by atoms with van der Waals surface area (Å²) in [5, 5.41) is 9.77. The molecule has 2 aromatic carbocycles. The van der Waals surface area contributed by atoms with Crippen molar-refractivity contribution in [1.82, 2.24) is 0 Å². The SMILES string of the molecule is CCCCCCCCCCCCC1(CCCCCCCCCCCC)c2cc(Br)ccc2-c2ccc(C#N)cc21. The molecule has 2 heteroatoms. The molecule has 0 aliphatic heterocycles. The van der Waals surface area contributed by atoms with Gasteiger partial charge in [-0.2, -0.15) is 5.26 Å². The zero-order valence-electron chi connectivity index (χ0n) is 25.8. The van der Waals surface area contributed by atoms with Crippen LogP contribution in [0.4, 0.5) is 0 Å². The summed E-state index contributed by atoms with van der Waals surface area (Å²) in [6.45, 7) is 4.59. The van der Waals surface area contributed by atoms with E-state index in [1.165, 1.54) is 168 Å². The highest BCUT2D eigenvalue weighted by Gasteiger charge is 2.42. The van der Waals surface area contributed by atoms with Crippen molar-refractivity contribution >= 4 is 15.9 Å². The van der Waals surface area contributed by atoms with Gasteiger partial charge in [-0.25, -0.2) is 0 Å². The molecule has 1 aliphatic rings. The second-order valence-electron chi connectivity index (χ2n) is 12.5. The fraction of sp³-hybridized carbons (Fsp3) is 0.658. The quantitative estimate of drug-likeness (QED) is 0.122. The molecule has 1 aliphatic carbocycles. The smallest absolute Gasteiger partial charge is 0.0991 e. The zero-order chi connectivity index (χ0) is 28.5. The highest BCUT2D eigenvalue weighted by Crippen LogP contribution is 2.55. The number of halogens is 1. The number of unbranched alkanes of at least 4 members (excludes halogenated alkanes) is 18. The van der Waals surface area contributed by atoms with Crippen LogP contribution >= 0.6 is 15.9 Å². The molecule has 0 saturated heterocycles. The molecule has 220 valence electrons. The minimum absolute atomic E-state index is 0.0433. The third kappa shape index (κ3) is 9.76. The second-order valence-corrected chi connectivity index (χ2v) is 13.4. The van der Waals surface area contributed by atoms with E-state index in [-0.39, 0.29) is 5.41 Å². The number of benzene rings is 2. The molecule has 0 fully saturated rings. The van der Waals surface area contributed by atoms with E-state index in [1.54, 1.807) is 0 Å². The molecule has 0 radical (unpaired) electrons. The number of hydrogen-bond acceptors (Lipinski definition) is 1. The molecule has 0 heterocycles. The molecule has 2 aromatic rings. The summed E-state index contributed by atoms with van der Waals surface area (Å²) in [6.07, 6.45) is 29.8. The highest BCUT2D eigenvalue weighted by atomic mass is 79.9. The van der Waals surface area contributed by atoms with Gasteiger partial charge in [0.25, 0.3) is 0 Å². The van der Waals surface area contributed by atoms with Gasteiger partial charge in [0, 0.05) is 9.89 Å². The van der Waals surface area contributed by atoms with Crippen LogP contribution in [0.25, 0.3) is 11.1 Å². The van der Waals surface area contributed by atoms with Crippen molar-refractivity contribution in [3.05, 3.63) is 57.6 Å². The van der Waals surface area contributed by atoms with Gasteiger partial charge < -0.3 is 0 Å². The molecule has 0 bridgehead atoms. The molecule has 0 saturated carbocycles. The molecule has 3 rings (SSSR count). The minimum atomic E-state index is 0.0433. The normalized spacial score (nSPS) is 13.2. The minimum Gasteiger partial charge on any atom is -0.192 e. The van der Waals surface area contributed by atoms with Crippen molar-refractivity contribution < 1.29 is 0 Å². The van der Waals surface area contributed by atoms with Gasteiger partial charge in [0.2, 0.25) is 0 Å². The van der Waals surface area contributed by atoms with Crippen molar-refractivity contribution in [2.24, 2.45) is 0 Å². The Labute approximate surface area is 255 Å². The predicted octanol–water partition coefficient (Wildman–Crippen LogP) is 13.2. The third-order valence-electron chi connectivity index (χ3n) is 9.37. The van der Waals surface area contributed by atoms with Crippen LogP contribution in [-0.4, -0.2) is 0 Å². The lowest BCUT2D eigenvalue weighted by Crippen LogP contribution is -2.25. The lowest BCUT2D eigenvalue weighted by atomic mass is 9.70. The van der Waals surface area contributed by atoms with Crippen LogP contribution < -0.4 is 0 Å². The van der Waals surface area contributed by atoms with Gasteiger partial charge in [0.15, 0.2) is 0 Å². The molecular weight excluding hydrogens is 550 g/mol. The van der Waals surface area contributed by atoms with Crippen LogP contribution in [0.3, 0.4) is 0 Å². The molecule has 40 heavy (non-hydrogen) atoms. The Balaban J connectivity index is 1.63. The average molecular weight is 607 g/mol. The molecule has 0 atom stereocenters. The van der Waals surface area contributed by atoms with Crippen molar-refractivity contribution in [2.75, 3.05) is 0 Å². The standard InChI is InChI=1S/C38H56BrN/c1-3-5-7-9-11-13-15-17-19-21-27-38(28-22-20-18-16-14-12-10-8-6-4-2)36-29-32(31-40)23-25-34(36)35-26-24-33(39)30-37(35)38/h23-26,29-30H,3-22,27-28H2,1-2H3. The summed E-state index contributed by atoms with van der Waals surface area (Å²) in [6, 6.07) is 15.8. The van der Waals surface area contributed by atoms with Crippen LogP contribution in [0.5, 0.6) is 0 Å². The van der Waals surface area contributed by atoms with E-state index >= 15 is 0 Å². The van der Waals surface area contributed by atoms with Gasteiger partial charge in [-0.3, -0.25) is 0 Å². The van der Waals surface area contributed by atoms with Crippen molar-refractivity contribution in [3.63, 3.8) is 0 Å². The van der Waals surface area contributed by atoms with Gasteiger partial charge in [-0.15, -0.1) is 0 Å². The predicted molar refractivity (Wildman–Crippen MR) is 178 cm³/mol. The van der Waals surface area contributed by atoms with Gasteiger partial charge in [0.05, 0.1) is 11.6 Å². The Kier molecular flexibility index (Phi) is 15.4. The lowest BCUT2D eigenvalue weighted by molar-refractivity contribution is 0.396. The molecule has 0 N–H and O–H groups in total. The fourth-order valence-corrected chi connectivity index (χ4v) is 7.39. The first kappa shape index (κ1) is 32.9. The number of rotatable bonds is 22. The Hall–Kier alpha value is -1.59. The van der Waals surface area contributed by atoms with E-state index < -0.39 is 0 Å². The Bertz CT molecular complexity index is 1010. The molecule has 0 spiro atoms.